The van der Waals surface area contributed by atoms with Gasteiger partial charge in [-0.25, -0.2) is 48.7 Å². The monoisotopic (exact) mass is 1710 g/mol. The first-order valence-electron chi connectivity index (χ1n) is 40.3. The van der Waals surface area contributed by atoms with E-state index in [1.165, 1.54) is 48.6 Å². The maximum atomic E-state index is 12.5. The molecule has 1 saturated heterocycles. The first-order chi connectivity index (χ1) is 59.2. The standard InChI is InChI=1S/C20H20N4O3.C20H17N3O2S.C18H26N4O4.C18H19N3O4.C14H19N3O3/c1-11(2)14-9-15(18(26)10-17(14)25)19-21-22-20(27)24(19)13-4-5-16-12(8-13)6-7-23(16)3;1-2-12-10-15(18(25)11-17(12)24)19-21-22-20(26)23(19)16-9-5-7-13-6-3-4-8-14(13)16;1-12(2)13-10-14(16(24)11-15(13)23)17-19-20-18(25)22(17)5-3-4-21-6-8-26-9-7-21;1-10(2)13-8-14(16(23)9-15(13)22)17-19-20-18(24)21(17)11-4-6-12(25-3)7-5-11;1-7(2)9-5-10(12(19)6-11(9)18)13-15-16-14(20)17(13)8(3)4/h4-11,25-26H,1-3H3,(H,22,27);3-11,24-25H,2H2,1H3,(H,22,26);10-12,23-24H,3-9H2,1-2H3,(H,20,25);4-10,22-23H,1-3H3,(H,20,24);5-8,18-19H,1-4H3,(H,16,20). The van der Waals surface area contributed by atoms with Gasteiger partial charge in [0.05, 0.1) is 65.2 Å². The number of morpholine rings is 1. The lowest BCUT2D eigenvalue weighted by atomic mass is 9.98. The van der Waals surface area contributed by atoms with Crippen molar-refractivity contribution in [2.75, 3.05) is 40.0 Å². The van der Waals surface area contributed by atoms with E-state index in [0.717, 1.165) is 72.2 Å². The smallest absolute Gasteiger partial charge is 0.348 e. The molecule has 15 N–H and O–H groups in total. The predicted molar refractivity (Wildman–Crippen MR) is 475 cm³/mol. The van der Waals surface area contributed by atoms with Crippen molar-refractivity contribution < 1.29 is 60.5 Å². The van der Waals surface area contributed by atoms with Crippen LogP contribution in [-0.4, -0.2) is 174 Å². The number of rotatable bonds is 19. The summed E-state index contributed by atoms with van der Waals surface area (Å²) in [6.45, 7) is 25.9. The largest absolute Gasteiger partial charge is 0.508 e. The molecule has 16 rings (SSSR count). The third-order valence-electron chi connectivity index (χ3n) is 21.3. The second kappa shape index (κ2) is 38.1. The van der Waals surface area contributed by atoms with Crippen LogP contribution >= 0.6 is 12.2 Å². The molecule has 0 amide bonds. The number of aryl methyl sites for hydroxylation is 2. The zero-order valence-electron chi connectivity index (χ0n) is 70.8. The summed E-state index contributed by atoms with van der Waals surface area (Å²) in [4.78, 5) is 51.0. The highest BCUT2D eigenvalue weighted by atomic mass is 32.1. The van der Waals surface area contributed by atoms with E-state index in [2.05, 4.69) is 55.9 Å². The van der Waals surface area contributed by atoms with Gasteiger partial charge in [0.2, 0.25) is 0 Å². The number of aromatic nitrogens is 16. The molecule has 124 heavy (non-hydrogen) atoms. The lowest BCUT2D eigenvalue weighted by Crippen LogP contribution is -2.37. The Bertz CT molecular complexity index is 6660. The Hall–Kier alpha value is -14.4. The Kier molecular flexibility index (Phi) is 27.3. The van der Waals surface area contributed by atoms with Gasteiger partial charge in [-0.3, -0.25) is 23.7 Å². The molecular weight excluding hydrogens is 1610 g/mol. The molecule has 0 atom stereocenters. The van der Waals surface area contributed by atoms with Crippen LogP contribution in [0.1, 0.15) is 140 Å². The summed E-state index contributed by atoms with van der Waals surface area (Å²) in [5.41, 5.74) is 7.25. The van der Waals surface area contributed by atoms with Gasteiger partial charge in [-0.1, -0.05) is 98.7 Å². The summed E-state index contributed by atoms with van der Waals surface area (Å²) >= 11 is 5.46. The van der Waals surface area contributed by atoms with Gasteiger partial charge in [-0.05, 0) is 181 Å². The lowest BCUT2D eigenvalue weighted by Gasteiger charge is -2.26. The van der Waals surface area contributed by atoms with Crippen LogP contribution in [0, 0.1) is 4.77 Å². The van der Waals surface area contributed by atoms with Gasteiger partial charge in [-0.2, -0.15) is 25.5 Å². The van der Waals surface area contributed by atoms with Gasteiger partial charge < -0.3 is 65.1 Å². The summed E-state index contributed by atoms with van der Waals surface area (Å²) < 4.78 is 20.5. The van der Waals surface area contributed by atoms with Gasteiger partial charge in [-0.15, -0.1) is 0 Å². The van der Waals surface area contributed by atoms with Gasteiger partial charge in [0.1, 0.15) is 63.2 Å². The molecule has 15 aromatic rings. The number of nitrogens with one attached hydrogen (secondary N) is 5. The van der Waals surface area contributed by atoms with Crippen LogP contribution in [0.25, 0.3) is 95.7 Å². The molecule has 0 aliphatic carbocycles. The molecule has 1 fully saturated rings. The van der Waals surface area contributed by atoms with E-state index in [0.29, 0.717) is 102 Å². The molecule has 0 unspecified atom stereocenters. The molecule has 0 spiro atoms. The van der Waals surface area contributed by atoms with Crippen molar-refractivity contribution in [1.82, 2.24) is 83.3 Å². The van der Waals surface area contributed by atoms with E-state index in [1.807, 2.05) is 165 Å². The number of benzene rings is 9. The van der Waals surface area contributed by atoms with E-state index in [9.17, 15) is 70.2 Å². The molecule has 33 nitrogen and oxygen atoms in total. The van der Waals surface area contributed by atoms with E-state index >= 15 is 0 Å². The molecule has 0 bridgehead atoms. The van der Waals surface area contributed by atoms with E-state index in [1.54, 1.807) is 61.7 Å². The number of ether oxygens (including phenoxy) is 2. The minimum Gasteiger partial charge on any atom is -0.508 e. The van der Waals surface area contributed by atoms with Crippen LogP contribution in [0.15, 0.2) is 177 Å². The number of aromatic amines is 5. The third kappa shape index (κ3) is 19.0. The van der Waals surface area contributed by atoms with E-state index in [4.69, 9.17) is 21.7 Å². The molecule has 1 aliphatic rings. The number of methoxy groups -OCH3 is 1. The molecule has 6 aromatic heterocycles. The van der Waals surface area contributed by atoms with Gasteiger partial charge in [0, 0.05) is 92.1 Å². The molecule has 1 aliphatic heterocycles. The van der Waals surface area contributed by atoms with Crippen molar-refractivity contribution >= 4 is 33.9 Å². The number of hydrogen-bond acceptors (Lipinski definition) is 23. The zero-order valence-corrected chi connectivity index (χ0v) is 71.6. The summed E-state index contributed by atoms with van der Waals surface area (Å²) in [7, 11) is 3.52. The quantitative estimate of drug-likeness (QED) is 0.0334. The highest BCUT2D eigenvalue weighted by Crippen LogP contribution is 2.43. The molecule has 7 heterocycles. The first kappa shape index (κ1) is 88.9. The van der Waals surface area contributed by atoms with Crippen molar-refractivity contribution in [3.8, 4) is 137 Å². The summed E-state index contributed by atoms with van der Waals surface area (Å²) in [5.74, 6) is 2.34. The SMILES string of the molecule is CC(C)c1cc(-c2n[nH]c(=O)n2-c2ccc3c(ccn3C)c2)c(O)cc1O.CC(C)c1cc(-c2n[nH]c(=O)n2C(C)C)c(O)cc1O.CC(C)c1cc(-c2n[nH]c(=O)n2CCCN2CCOCC2)c(O)cc1O.CCc1cc(-c2n[nH]c(=S)n2-c2cccc3ccccc23)c(O)cc1O.COc1ccc(-n2c(-c3cc(C(C)C)c(O)cc3O)n[nH]c2=O)cc1. The zero-order chi connectivity index (χ0) is 89.4. The van der Waals surface area contributed by atoms with Crippen molar-refractivity contribution in [1.29, 1.82) is 0 Å². The number of aromatic hydroxyl groups is 10. The second-order valence-corrected chi connectivity index (χ2v) is 31.6. The van der Waals surface area contributed by atoms with Crippen molar-refractivity contribution in [2.45, 2.75) is 125 Å². The molecule has 648 valence electrons. The third-order valence-corrected chi connectivity index (χ3v) is 21.5. The number of phenolic OH excluding ortho intramolecular Hbond substituents is 10. The Balaban J connectivity index is 0.000000142. The van der Waals surface area contributed by atoms with E-state index in [-0.39, 0.29) is 110 Å². The maximum absolute atomic E-state index is 12.5. The topological polar surface area (TPSA) is 465 Å². The number of hydrogen-bond donors (Lipinski definition) is 15. The number of nitrogens with zero attached hydrogens (tertiary/aromatic N) is 12. The Morgan fingerprint density at radius 2 is 0.871 bits per heavy atom. The van der Waals surface area contributed by atoms with Crippen LogP contribution < -0.4 is 27.5 Å². The lowest BCUT2D eigenvalue weighted by molar-refractivity contribution is 0.0369. The number of phenols is 10. The van der Waals surface area contributed by atoms with Crippen LogP contribution in [0.3, 0.4) is 0 Å². The predicted octanol–water partition coefficient (Wildman–Crippen LogP) is 14.6. The highest BCUT2D eigenvalue weighted by molar-refractivity contribution is 7.71. The Morgan fingerprint density at radius 1 is 0.435 bits per heavy atom. The average Bonchev–Trinajstić information content (AvgIpc) is 1.59. The Labute approximate surface area is 715 Å². The minimum atomic E-state index is -0.432. The fourth-order valence-corrected chi connectivity index (χ4v) is 14.9. The summed E-state index contributed by atoms with van der Waals surface area (Å²) in [6.07, 6.45) is 3.38. The van der Waals surface area contributed by atoms with Crippen molar-refractivity contribution in [3.05, 3.63) is 232 Å². The average molecular weight is 1710 g/mol. The van der Waals surface area contributed by atoms with Crippen molar-refractivity contribution in [3.63, 3.8) is 0 Å². The first-order valence-corrected chi connectivity index (χ1v) is 40.7. The van der Waals surface area contributed by atoms with Gasteiger partial charge in [0.15, 0.2) is 33.9 Å². The van der Waals surface area contributed by atoms with Crippen LogP contribution in [0.5, 0.6) is 63.2 Å². The molecule has 9 aromatic carbocycles. The Morgan fingerprint density at radius 3 is 1.39 bits per heavy atom. The van der Waals surface area contributed by atoms with Crippen LogP contribution in [0.2, 0.25) is 0 Å². The maximum Gasteiger partial charge on any atom is 0.348 e. The normalized spacial score (nSPS) is 12.2. The summed E-state index contributed by atoms with van der Waals surface area (Å²) in [6, 6.07) is 43.4. The fraction of sp³-hybridized carbons (Fsp3) is 0.289. The minimum absolute atomic E-state index is 0.00475. The van der Waals surface area contributed by atoms with Gasteiger partial charge >= 0.3 is 22.8 Å². The molecular formula is C90H101N17O16S. The summed E-state index contributed by atoms with van der Waals surface area (Å²) in [5, 5.41) is 138. The highest BCUT2D eigenvalue weighted by Gasteiger charge is 2.27. The van der Waals surface area contributed by atoms with Crippen molar-refractivity contribution in [2.24, 2.45) is 7.05 Å². The van der Waals surface area contributed by atoms with Crippen LogP contribution in [-0.2, 0) is 24.8 Å². The number of fused-ring (bicyclic) bond motifs is 2. The van der Waals surface area contributed by atoms with E-state index < -0.39 is 11.4 Å². The van der Waals surface area contributed by atoms with Gasteiger partial charge in [0.25, 0.3) is 0 Å². The number of H-pyrrole nitrogens is 5. The van der Waals surface area contributed by atoms with Crippen LogP contribution in [0.4, 0.5) is 0 Å². The second-order valence-electron chi connectivity index (χ2n) is 31.2. The fourth-order valence-electron chi connectivity index (χ4n) is 14.7. The molecule has 0 radical (unpaired) electrons. The molecule has 0 saturated carbocycles. The molecule has 34 heteroatoms.